The molecule has 0 spiro atoms. The summed E-state index contributed by atoms with van der Waals surface area (Å²) in [5, 5.41) is 9.11. The first kappa shape index (κ1) is 9.97. The Bertz CT molecular complexity index is 256. The fraction of sp³-hybridized carbons (Fsp3) is 0.909. The van der Waals surface area contributed by atoms with E-state index >= 15 is 0 Å². The van der Waals surface area contributed by atoms with Crippen LogP contribution in [0, 0.1) is 5.41 Å². The lowest BCUT2D eigenvalue weighted by molar-refractivity contribution is -0.144. The standard InChI is InChI=1S/C11H19NO2/c1-10(2)4-3-7-12(10)8-11(5-6-11)9(13)14/h3-8H2,1-2H3,(H,13,14). The van der Waals surface area contributed by atoms with Gasteiger partial charge in [0.05, 0.1) is 5.41 Å². The molecule has 1 saturated heterocycles. The molecule has 0 bridgehead atoms. The number of likely N-dealkylation sites (tertiary alicyclic amines) is 1. The molecule has 2 rings (SSSR count). The van der Waals surface area contributed by atoms with Crippen LogP contribution in [0.15, 0.2) is 0 Å². The summed E-state index contributed by atoms with van der Waals surface area (Å²) in [6.45, 7) is 6.27. The third-order valence-electron chi connectivity index (χ3n) is 3.87. The van der Waals surface area contributed by atoms with Gasteiger partial charge in [0.15, 0.2) is 0 Å². The van der Waals surface area contributed by atoms with E-state index in [0.29, 0.717) is 0 Å². The summed E-state index contributed by atoms with van der Waals surface area (Å²) < 4.78 is 0. The number of hydrogen-bond acceptors (Lipinski definition) is 2. The largest absolute Gasteiger partial charge is 0.481 e. The van der Waals surface area contributed by atoms with Crippen LogP contribution in [-0.4, -0.2) is 34.6 Å². The van der Waals surface area contributed by atoms with Crippen molar-refractivity contribution in [1.82, 2.24) is 4.90 Å². The SMILES string of the molecule is CC1(C)CCCN1CC1(C(=O)O)CC1. The minimum atomic E-state index is -0.597. The summed E-state index contributed by atoms with van der Waals surface area (Å²) >= 11 is 0. The molecule has 1 N–H and O–H groups in total. The molecule has 14 heavy (non-hydrogen) atoms. The number of nitrogens with zero attached hydrogens (tertiary/aromatic N) is 1. The zero-order valence-corrected chi connectivity index (χ0v) is 9.05. The minimum Gasteiger partial charge on any atom is -0.481 e. The third kappa shape index (κ3) is 1.54. The van der Waals surface area contributed by atoms with Crippen molar-refractivity contribution in [3.63, 3.8) is 0 Å². The minimum absolute atomic E-state index is 0.213. The maximum atomic E-state index is 11.1. The van der Waals surface area contributed by atoms with Crippen molar-refractivity contribution in [1.29, 1.82) is 0 Å². The van der Waals surface area contributed by atoms with Crippen molar-refractivity contribution < 1.29 is 9.90 Å². The molecule has 0 aromatic carbocycles. The van der Waals surface area contributed by atoms with Gasteiger partial charge in [-0.25, -0.2) is 0 Å². The van der Waals surface area contributed by atoms with Gasteiger partial charge in [-0.05, 0) is 46.1 Å². The van der Waals surface area contributed by atoms with Crippen LogP contribution in [-0.2, 0) is 4.79 Å². The molecule has 3 heteroatoms. The van der Waals surface area contributed by atoms with Crippen LogP contribution in [0.25, 0.3) is 0 Å². The highest BCUT2D eigenvalue weighted by atomic mass is 16.4. The van der Waals surface area contributed by atoms with Gasteiger partial charge in [-0.3, -0.25) is 9.69 Å². The lowest BCUT2D eigenvalue weighted by Gasteiger charge is -2.33. The molecule has 80 valence electrons. The van der Waals surface area contributed by atoms with Gasteiger partial charge in [-0.2, -0.15) is 0 Å². The third-order valence-corrected chi connectivity index (χ3v) is 3.87. The molecule has 0 unspecified atom stereocenters. The van der Waals surface area contributed by atoms with Crippen LogP contribution in [0.4, 0.5) is 0 Å². The fourth-order valence-electron chi connectivity index (χ4n) is 2.41. The van der Waals surface area contributed by atoms with E-state index in [1.807, 2.05) is 0 Å². The molecule has 3 nitrogen and oxygen atoms in total. The number of carboxylic acid groups (broad SMARTS) is 1. The molecule has 1 saturated carbocycles. The van der Waals surface area contributed by atoms with Gasteiger partial charge in [-0.15, -0.1) is 0 Å². The van der Waals surface area contributed by atoms with E-state index < -0.39 is 5.97 Å². The van der Waals surface area contributed by atoms with Gasteiger partial charge in [0.1, 0.15) is 0 Å². The molecular formula is C11H19NO2. The second kappa shape index (κ2) is 2.96. The Morgan fingerprint density at radius 3 is 2.36 bits per heavy atom. The van der Waals surface area contributed by atoms with Gasteiger partial charge in [-0.1, -0.05) is 0 Å². The van der Waals surface area contributed by atoms with Crippen molar-refractivity contribution in [2.75, 3.05) is 13.1 Å². The quantitative estimate of drug-likeness (QED) is 0.749. The Morgan fingerprint density at radius 1 is 1.36 bits per heavy atom. The molecule has 0 aromatic heterocycles. The Balaban J connectivity index is 2.01. The molecule has 1 aliphatic carbocycles. The van der Waals surface area contributed by atoms with Crippen molar-refractivity contribution in [3.05, 3.63) is 0 Å². The van der Waals surface area contributed by atoms with E-state index in [4.69, 9.17) is 5.11 Å². The summed E-state index contributed by atoms with van der Waals surface area (Å²) in [4.78, 5) is 13.4. The maximum absolute atomic E-state index is 11.1. The molecule has 0 atom stereocenters. The normalized spacial score (nSPS) is 29.0. The number of carboxylic acids is 1. The Labute approximate surface area is 85.1 Å². The average Bonchev–Trinajstić information content (AvgIpc) is 2.76. The predicted molar refractivity (Wildman–Crippen MR) is 54.2 cm³/mol. The van der Waals surface area contributed by atoms with Crippen LogP contribution >= 0.6 is 0 Å². The summed E-state index contributed by atoms with van der Waals surface area (Å²) in [5.74, 6) is -0.597. The molecular weight excluding hydrogens is 178 g/mol. The highest BCUT2D eigenvalue weighted by molar-refractivity contribution is 5.78. The number of carbonyl (C=O) groups is 1. The fourth-order valence-corrected chi connectivity index (χ4v) is 2.41. The topological polar surface area (TPSA) is 40.5 Å². The molecule has 2 aliphatic rings. The summed E-state index contributed by atoms with van der Waals surface area (Å²) in [6.07, 6.45) is 4.15. The first-order valence-electron chi connectivity index (χ1n) is 5.45. The molecule has 0 amide bonds. The first-order valence-corrected chi connectivity index (χ1v) is 5.45. The lowest BCUT2D eigenvalue weighted by atomic mass is 9.99. The van der Waals surface area contributed by atoms with Crippen molar-refractivity contribution in [2.45, 2.75) is 45.1 Å². The highest BCUT2D eigenvalue weighted by Crippen LogP contribution is 2.48. The second-order valence-corrected chi connectivity index (χ2v) is 5.42. The van der Waals surface area contributed by atoms with E-state index in [0.717, 1.165) is 25.9 Å². The zero-order valence-electron chi connectivity index (χ0n) is 9.05. The molecule has 2 fully saturated rings. The molecule has 1 heterocycles. The van der Waals surface area contributed by atoms with Crippen molar-refractivity contribution in [3.8, 4) is 0 Å². The lowest BCUT2D eigenvalue weighted by Crippen LogP contribution is -2.43. The zero-order chi connectivity index (χ0) is 10.4. The summed E-state index contributed by atoms with van der Waals surface area (Å²) in [7, 11) is 0. The van der Waals surface area contributed by atoms with E-state index in [1.54, 1.807) is 0 Å². The van der Waals surface area contributed by atoms with Crippen molar-refractivity contribution in [2.24, 2.45) is 5.41 Å². The Hall–Kier alpha value is -0.570. The molecule has 1 aliphatic heterocycles. The average molecular weight is 197 g/mol. The van der Waals surface area contributed by atoms with Gasteiger partial charge in [0.25, 0.3) is 0 Å². The summed E-state index contributed by atoms with van der Waals surface area (Å²) in [6, 6.07) is 0. The highest BCUT2D eigenvalue weighted by Gasteiger charge is 2.53. The Morgan fingerprint density at radius 2 is 2.00 bits per heavy atom. The monoisotopic (exact) mass is 197 g/mol. The van der Waals surface area contributed by atoms with Crippen LogP contribution in [0.1, 0.15) is 39.5 Å². The molecule has 0 aromatic rings. The van der Waals surface area contributed by atoms with Gasteiger partial charge in [0.2, 0.25) is 0 Å². The van der Waals surface area contributed by atoms with Crippen LogP contribution in [0.2, 0.25) is 0 Å². The van der Waals surface area contributed by atoms with E-state index in [1.165, 1.54) is 12.8 Å². The predicted octanol–water partition coefficient (Wildman–Crippen LogP) is 1.73. The molecule has 0 radical (unpaired) electrons. The van der Waals surface area contributed by atoms with Gasteiger partial charge < -0.3 is 5.11 Å². The number of hydrogen-bond donors (Lipinski definition) is 1. The second-order valence-electron chi connectivity index (χ2n) is 5.42. The number of rotatable bonds is 3. The first-order chi connectivity index (χ1) is 6.46. The van der Waals surface area contributed by atoms with Crippen molar-refractivity contribution >= 4 is 5.97 Å². The maximum Gasteiger partial charge on any atom is 0.310 e. The smallest absolute Gasteiger partial charge is 0.310 e. The van der Waals surface area contributed by atoms with Gasteiger partial charge in [0, 0.05) is 12.1 Å². The van der Waals surface area contributed by atoms with Crippen LogP contribution in [0.3, 0.4) is 0 Å². The summed E-state index contributed by atoms with van der Waals surface area (Å²) in [5.41, 5.74) is -0.174. The van der Waals surface area contributed by atoms with E-state index in [2.05, 4.69) is 18.7 Å². The number of aliphatic carboxylic acids is 1. The van der Waals surface area contributed by atoms with E-state index in [-0.39, 0.29) is 11.0 Å². The van der Waals surface area contributed by atoms with Gasteiger partial charge >= 0.3 is 5.97 Å². The van der Waals surface area contributed by atoms with Crippen LogP contribution < -0.4 is 0 Å². The van der Waals surface area contributed by atoms with Crippen LogP contribution in [0.5, 0.6) is 0 Å². The van der Waals surface area contributed by atoms with E-state index in [9.17, 15) is 4.79 Å². The Kier molecular flexibility index (Phi) is 2.11.